The maximum absolute atomic E-state index is 12.1. The molecule has 2 rings (SSSR count). The van der Waals surface area contributed by atoms with Gasteiger partial charge in [-0.1, -0.05) is 6.07 Å². The molecule has 8 heteroatoms. The van der Waals surface area contributed by atoms with Crippen LogP contribution in [0.3, 0.4) is 0 Å². The number of thiocyanates is 1. The summed E-state index contributed by atoms with van der Waals surface area (Å²) >= 11 is 3.58. The highest BCUT2D eigenvalue weighted by Crippen LogP contribution is 2.40. The third-order valence-electron chi connectivity index (χ3n) is 2.87. The third kappa shape index (κ3) is 4.34. The number of thioether (sulfide) groups is 1. The molecule has 0 atom stereocenters. The highest BCUT2D eigenvalue weighted by Gasteiger charge is 2.22. The fraction of sp³-hybridized carbons (Fsp3) is 0.267. The van der Waals surface area contributed by atoms with E-state index in [-0.39, 0.29) is 18.9 Å². The molecule has 5 nitrogen and oxygen atoms in total. The first kappa shape index (κ1) is 17.5. The van der Waals surface area contributed by atoms with Crippen molar-refractivity contribution in [2.75, 3.05) is 11.9 Å². The first-order chi connectivity index (χ1) is 11.1. The molecule has 2 heterocycles. The van der Waals surface area contributed by atoms with Crippen LogP contribution in [0.15, 0.2) is 22.4 Å². The van der Waals surface area contributed by atoms with Gasteiger partial charge in [0, 0.05) is 4.88 Å². The molecule has 0 spiro atoms. The molecule has 0 bridgehead atoms. The number of amides is 1. The number of thiophene rings is 2. The van der Waals surface area contributed by atoms with E-state index in [1.807, 2.05) is 22.9 Å². The number of hydrogen-bond acceptors (Lipinski definition) is 7. The molecule has 0 aliphatic heterocycles. The predicted octanol–water partition coefficient (Wildman–Crippen LogP) is 4.05. The summed E-state index contributed by atoms with van der Waals surface area (Å²) in [4.78, 5) is 26.1. The molecule has 0 aliphatic rings. The predicted molar refractivity (Wildman–Crippen MR) is 93.1 cm³/mol. The monoisotopic (exact) mass is 366 g/mol. The van der Waals surface area contributed by atoms with Gasteiger partial charge < -0.3 is 10.1 Å². The molecule has 0 aromatic carbocycles. The number of rotatable bonds is 6. The Labute approximate surface area is 146 Å². The topological polar surface area (TPSA) is 79.2 Å². The minimum Gasteiger partial charge on any atom is -0.462 e. The standard InChI is InChI=1S/C15H14N2O3S3/c1-3-20-15(19)13-9(2)12(22-8-16)14(23-13)17-11(18)7-10-5-4-6-21-10/h4-6H,3,7H2,1-2H3,(H,17,18). The maximum Gasteiger partial charge on any atom is 0.348 e. The van der Waals surface area contributed by atoms with E-state index < -0.39 is 5.97 Å². The average Bonchev–Trinajstić information content (AvgIpc) is 3.10. The van der Waals surface area contributed by atoms with Gasteiger partial charge in [0.25, 0.3) is 0 Å². The molecule has 1 amide bonds. The normalized spacial score (nSPS) is 10.1. The van der Waals surface area contributed by atoms with Crippen molar-refractivity contribution in [1.82, 2.24) is 0 Å². The molecule has 120 valence electrons. The van der Waals surface area contributed by atoms with Gasteiger partial charge in [0.1, 0.15) is 15.3 Å². The van der Waals surface area contributed by atoms with Crippen molar-refractivity contribution in [3.63, 3.8) is 0 Å². The van der Waals surface area contributed by atoms with Gasteiger partial charge in [-0.3, -0.25) is 4.79 Å². The fourth-order valence-corrected chi connectivity index (χ4v) is 4.40. The summed E-state index contributed by atoms with van der Waals surface area (Å²) in [7, 11) is 0. The fourth-order valence-electron chi connectivity index (χ4n) is 1.88. The molecule has 0 saturated heterocycles. The second-order valence-electron chi connectivity index (χ2n) is 4.43. The van der Waals surface area contributed by atoms with Gasteiger partial charge >= 0.3 is 5.97 Å². The lowest BCUT2D eigenvalue weighted by atomic mass is 10.3. The average molecular weight is 366 g/mol. The van der Waals surface area contributed by atoms with Gasteiger partial charge in [-0.15, -0.1) is 22.7 Å². The van der Waals surface area contributed by atoms with E-state index in [4.69, 9.17) is 10.00 Å². The van der Waals surface area contributed by atoms with Crippen LogP contribution in [0.5, 0.6) is 0 Å². The van der Waals surface area contributed by atoms with Crippen LogP contribution in [-0.4, -0.2) is 18.5 Å². The zero-order valence-corrected chi connectivity index (χ0v) is 15.0. The number of carbonyl (C=O) groups excluding carboxylic acids is 2. The van der Waals surface area contributed by atoms with Crippen LogP contribution in [0.2, 0.25) is 0 Å². The van der Waals surface area contributed by atoms with Crippen LogP contribution < -0.4 is 5.32 Å². The number of nitriles is 1. The van der Waals surface area contributed by atoms with Gasteiger partial charge in [-0.2, -0.15) is 5.26 Å². The molecule has 0 saturated carbocycles. The van der Waals surface area contributed by atoms with Crippen LogP contribution in [0.25, 0.3) is 0 Å². The van der Waals surface area contributed by atoms with Gasteiger partial charge in [0.05, 0.1) is 17.9 Å². The van der Waals surface area contributed by atoms with Crippen molar-refractivity contribution in [3.05, 3.63) is 32.8 Å². The summed E-state index contributed by atoms with van der Waals surface area (Å²) in [6.45, 7) is 3.75. The number of ether oxygens (including phenoxy) is 1. The Morgan fingerprint density at radius 2 is 2.26 bits per heavy atom. The van der Waals surface area contributed by atoms with Crippen molar-refractivity contribution >= 4 is 51.3 Å². The Bertz CT molecular complexity index is 745. The molecular formula is C15H14N2O3S3. The highest BCUT2D eigenvalue weighted by atomic mass is 32.2. The van der Waals surface area contributed by atoms with E-state index in [2.05, 4.69) is 5.32 Å². The SMILES string of the molecule is CCOC(=O)c1sc(NC(=O)Cc2cccs2)c(SC#N)c1C. The van der Waals surface area contributed by atoms with Gasteiger partial charge in [0.2, 0.25) is 5.91 Å². The molecule has 23 heavy (non-hydrogen) atoms. The van der Waals surface area contributed by atoms with Crippen LogP contribution >= 0.6 is 34.4 Å². The zero-order valence-electron chi connectivity index (χ0n) is 12.5. The Hall–Kier alpha value is -1.82. The molecule has 0 fully saturated rings. The third-order valence-corrected chi connectivity index (χ3v) is 5.87. The van der Waals surface area contributed by atoms with Crippen molar-refractivity contribution in [2.45, 2.75) is 25.2 Å². The van der Waals surface area contributed by atoms with Crippen molar-refractivity contribution in [1.29, 1.82) is 5.26 Å². The van der Waals surface area contributed by atoms with Gasteiger partial charge in [0.15, 0.2) is 0 Å². The van der Waals surface area contributed by atoms with Gasteiger partial charge in [-0.25, -0.2) is 4.79 Å². The number of nitrogens with one attached hydrogen (secondary N) is 1. The van der Waals surface area contributed by atoms with Crippen LogP contribution in [-0.2, 0) is 16.0 Å². The zero-order chi connectivity index (χ0) is 16.8. The highest BCUT2D eigenvalue weighted by molar-refractivity contribution is 8.04. The van der Waals surface area contributed by atoms with E-state index in [0.29, 0.717) is 20.3 Å². The minimum absolute atomic E-state index is 0.177. The number of anilines is 1. The lowest BCUT2D eigenvalue weighted by Crippen LogP contribution is -2.13. The largest absolute Gasteiger partial charge is 0.462 e. The molecule has 0 aliphatic carbocycles. The van der Waals surface area contributed by atoms with Crippen LogP contribution in [0, 0.1) is 17.6 Å². The second kappa shape index (κ2) is 8.15. The summed E-state index contributed by atoms with van der Waals surface area (Å²) < 4.78 is 5.01. The summed E-state index contributed by atoms with van der Waals surface area (Å²) in [6, 6.07) is 3.78. The van der Waals surface area contributed by atoms with Crippen LogP contribution in [0.4, 0.5) is 5.00 Å². The molecule has 2 aromatic heterocycles. The molecule has 0 radical (unpaired) electrons. The van der Waals surface area contributed by atoms with E-state index in [1.54, 1.807) is 13.8 Å². The Morgan fingerprint density at radius 3 is 2.87 bits per heavy atom. The summed E-state index contributed by atoms with van der Waals surface area (Å²) in [5, 5.41) is 16.2. The number of carbonyl (C=O) groups is 2. The number of nitrogens with zero attached hydrogens (tertiary/aromatic N) is 1. The first-order valence-corrected chi connectivity index (χ1v) is 9.26. The minimum atomic E-state index is -0.437. The van der Waals surface area contributed by atoms with Gasteiger partial charge in [-0.05, 0) is 42.6 Å². The van der Waals surface area contributed by atoms with Crippen molar-refractivity contribution in [3.8, 4) is 5.40 Å². The van der Waals surface area contributed by atoms with E-state index in [9.17, 15) is 9.59 Å². The molecular weight excluding hydrogens is 352 g/mol. The van der Waals surface area contributed by atoms with E-state index in [1.165, 1.54) is 11.3 Å². The lowest BCUT2D eigenvalue weighted by Gasteiger charge is -2.03. The lowest BCUT2D eigenvalue weighted by molar-refractivity contribution is -0.115. The Morgan fingerprint density at radius 1 is 1.48 bits per heavy atom. The Balaban J connectivity index is 2.22. The maximum atomic E-state index is 12.1. The molecule has 1 N–H and O–H groups in total. The van der Waals surface area contributed by atoms with Crippen molar-refractivity contribution < 1.29 is 14.3 Å². The first-order valence-electron chi connectivity index (χ1n) is 6.75. The number of hydrogen-bond donors (Lipinski definition) is 1. The van der Waals surface area contributed by atoms with Crippen molar-refractivity contribution in [2.24, 2.45) is 0 Å². The Kier molecular flexibility index (Phi) is 6.21. The summed E-state index contributed by atoms with van der Waals surface area (Å²) in [5.41, 5.74) is 0.659. The molecule has 2 aromatic rings. The van der Waals surface area contributed by atoms with E-state index in [0.717, 1.165) is 28.0 Å². The quantitative estimate of drug-likeness (QED) is 0.474. The smallest absolute Gasteiger partial charge is 0.348 e. The summed E-state index contributed by atoms with van der Waals surface area (Å²) in [5.74, 6) is -0.613. The van der Waals surface area contributed by atoms with E-state index >= 15 is 0 Å². The second-order valence-corrected chi connectivity index (χ2v) is 7.28. The number of esters is 1. The summed E-state index contributed by atoms with van der Waals surface area (Å²) in [6.07, 6.45) is 0.264. The molecule has 0 unspecified atom stereocenters. The van der Waals surface area contributed by atoms with Crippen LogP contribution in [0.1, 0.15) is 27.0 Å².